The highest BCUT2D eigenvalue weighted by atomic mass is 16.3. The standard InChI is InChI=1S/C13H15N5O2/c19-11-2-1-5-17(7-11)13(20)10-3-4-12(15-6-10)18-9-14-8-16-18/h3-4,6,8-9,11,19H,1-2,5,7H2/t11-/m0/s1. The van der Waals surface area contributed by atoms with Crippen LogP contribution in [0.25, 0.3) is 5.82 Å². The first kappa shape index (κ1) is 12.7. The van der Waals surface area contributed by atoms with Gasteiger partial charge in [-0.25, -0.2) is 14.6 Å². The van der Waals surface area contributed by atoms with E-state index in [0.29, 0.717) is 24.5 Å². The lowest BCUT2D eigenvalue weighted by atomic mass is 10.1. The average Bonchev–Trinajstić information content (AvgIpc) is 3.01. The molecule has 3 rings (SSSR count). The number of aromatic nitrogens is 4. The molecule has 0 aliphatic carbocycles. The third-order valence-corrected chi connectivity index (χ3v) is 3.33. The van der Waals surface area contributed by atoms with Gasteiger partial charge in [-0.15, -0.1) is 0 Å². The Morgan fingerprint density at radius 3 is 2.95 bits per heavy atom. The van der Waals surface area contributed by atoms with Crippen LogP contribution in [-0.2, 0) is 0 Å². The van der Waals surface area contributed by atoms with Crippen LogP contribution in [0.2, 0.25) is 0 Å². The number of rotatable bonds is 2. The summed E-state index contributed by atoms with van der Waals surface area (Å²) >= 11 is 0. The van der Waals surface area contributed by atoms with Crippen molar-refractivity contribution in [3.05, 3.63) is 36.5 Å². The number of hydrogen-bond acceptors (Lipinski definition) is 5. The Hall–Kier alpha value is -2.28. The van der Waals surface area contributed by atoms with Gasteiger partial charge in [-0.05, 0) is 25.0 Å². The lowest BCUT2D eigenvalue weighted by molar-refractivity contribution is 0.0473. The van der Waals surface area contributed by atoms with Crippen LogP contribution < -0.4 is 0 Å². The van der Waals surface area contributed by atoms with Gasteiger partial charge in [0.25, 0.3) is 5.91 Å². The molecule has 3 heterocycles. The molecule has 1 fully saturated rings. The number of aliphatic hydroxyl groups excluding tert-OH is 1. The molecule has 1 aliphatic rings. The summed E-state index contributed by atoms with van der Waals surface area (Å²) in [4.78, 5) is 22.0. The molecule has 0 radical (unpaired) electrons. The summed E-state index contributed by atoms with van der Waals surface area (Å²) in [6.07, 6.45) is 5.67. The van der Waals surface area contributed by atoms with Crippen molar-refractivity contribution in [2.45, 2.75) is 18.9 Å². The van der Waals surface area contributed by atoms with Crippen LogP contribution in [0, 0.1) is 0 Å². The van der Waals surface area contributed by atoms with Crippen LogP contribution in [-0.4, -0.2) is 54.9 Å². The van der Waals surface area contributed by atoms with Gasteiger partial charge < -0.3 is 10.0 Å². The Kier molecular flexibility index (Phi) is 3.42. The zero-order chi connectivity index (χ0) is 13.9. The van der Waals surface area contributed by atoms with Gasteiger partial charge in [0.2, 0.25) is 0 Å². The van der Waals surface area contributed by atoms with E-state index >= 15 is 0 Å². The molecule has 0 aromatic carbocycles. The van der Waals surface area contributed by atoms with E-state index in [0.717, 1.165) is 12.8 Å². The molecule has 1 amide bonds. The van der Waals surface area contributed by atoms with Crippen LogP contribution in [0.15, 0.2) is 31.0 Å². The third-order valence-electron chi connectivity index (χ3n) is 3.33. The Morgan fingerprint density at radius 2 is 2.30 bits per heavy atom. The van der Waals surface area contributed by atoms with Crippen molar-refractivity contribution in [2.75, 3.05) is 13.1 Å². The molecule has 0 unspecified atom stereocenters. The second-order valence-electron chi connectivity index (χ2n) is 4.79. The Morgan fingerprint density at radius 1 is 1.40 bits per heavy atom. The second kappa shape index (κ2) is 5.38. The highest BCUT2D eigenvalue weighted by molar-refractivity contribution is 5.94. The summed E-state index contributed by atoms with van der Waals surface area (Å²) in [7, 11) is 0. The summed E-state index contributed by atoms with van der Waals surface area (Å²) in [5, 5.41) is 13.6. The SMILES string of the molecule is O=C(c1ccc(-n2cncn2)nc1)N1CCC[C@H](O)C1. The third kappa shape index (κ3) is 2.53. The maximum absolute atomic E-state index is 12.3. The van der Waals surface area contributed by atoms with Crippen LogP contribution >= 0.6 is 0 Å². The zero-order valence-electron chi connectivity index (χ0n) is 10.9. The molecule has 104 valence electrons. The fraction of sp³-hybridized carbons (Fsp3) is 0.385. The quantitative estimate of drug-likeness (QED) is 0.848. The average molecular weight is 273 g/mol. The summed E-state index contributed by atoms with van der Waals surface area (Å²) in [5.41, 5.74) is 0.517. The number of β-amino-alcohol motifs (C(OH)–C–C–N with tert-alkyl or cyclic N) is 1. The largest absolute Gasteiger partial charge is 0.391 e. The van der Waals surface area contributed by atoms with Crippen molar-refractivity contribution in [3.8, 4) is 5.82 Å². The number of amides is 1. The number of pyridine rings is 1. The van der Waals surface area contributed by atoms with E-state index in [1.165, 1.54) is 17.2 Å². The van der Waals surface area contributed by atoms with E-state index in [-0.39, 0.29) is 5.91 Å². The van der Waals surface area contributed by atoms with Gasteiger partial charge in [-0.2, -0.15) is 5.10 Å². The fourth-order valence-corrected chi connectivity index (χ4v) is 2.30. The Balaban J connectivity index is 1.75. The molecule has 7 heteroatoms. The predicted molar refractivity (Wildman–Crippen MR) is 70.3 cm³/mol. The summed E-state index contributed by atoms with van der Waals surface area (Å²) < 4.78 is 1.53. The molecule has 7 nitrogen and oxygen atoms in total. The molecule has 20 heavy (non-hydrogen) atoms. The van der Waals surface area contributed by atoms with Crippen LogP contribution in [0.1, 0.15) is 23.2 Å². The molecule has 0 bridgehead atoms. The number of carbonyl (C=O) groups excluding carboxylic acids is 1. The van der Waals surface area contributed by atoms with E-state index in [4.69, 9.17) is 0 Å². The lowest BCUT2D eigenvalue weighted by Crippen LogP contribution is -2.42. The van der Waals surface area contributed by atoms with Crippen LogP contribution in [0.3, 0.4) is 0 Å². The van der Waals surface area contributed by atoms with E-state index in [1.54, 1.807) is 23.4 Å². The highest BCUT2D eigenvalue weighted by Crippen LogP contribution is 2.14. The minimum Gasteiger partial charge on any atom is -0.391 e. The normalized spacial score (nSPS) is 19.1. The molecule has 1 N–H and O–H groups in total. The van der Waals surface area contributed by atoms with Gasteiger partial charge in [0.1, 0.15) is 12.7 Å². The molecule has 1 saturated heterocycles. The fourth-order valence-electron chi connectivity index (χ4n) is 2.30. The number of nitrogens with zero attached hydrogens (tertiary/aromatic N) is 5. The Labute approximate surface area is 115 Å². The first-order chi connectivity index (χ1) is 9.74. The van der Waals surface area contributed by atoms with E-state index in [1.807, 2.05) is 0 Å². The highest BCUT2D eigenvalue weighted by Gasteiger charge is 2.23. The molecular formula is C13H15N5O2. The number of carbonyl (C=O) groups is 1. The zero-order valence-corrected chi connectivity index (χ0v) is 10.9. The summed E-state index contributed by atoms with van der Waals surface area (Å²) in [6, 6.07) is 3.44. The molecule has 1 atom stereocenters. The minimum absolute atomic E-state index is 0.0959. The van der Waals surface area contributed by atoms with Gasteiger partial charge in [0, 0.05) is 19.3 Å². The first-order valence-electron chi connectivity index (χ1n) is 6.52. The molecule has 0 spiro atoms. The monoisotopic (exact) mass is 273 g/mol. The topological polar surface area (TPSA) is 84.1 Å². The smallest absolute Gasteiger partial charge is 0.255 e. The first-order valence-corrected chi connectivity index (χ1v) is 6.52. The molecule has 2 aromatic heterocycles. The Bertz CT molecular complexity index is 581. The van der Waals surface area contributed by atoms with Gasteiger partial charge in [-0.3, -0.25) is 4.79 Å². The second-order valence-corrected chi connectivity index (χ2v) is 4.79. The maximum atomic E-state index is 12.3. The molecule has 1 aliphatic heterocycles. The molecule has 2 aromatic rings. The minimum atomic E-state index is -0.421. The van der Waals surface area contributed by atoms with Crippen molar-refractivity contribution in [1.29, 1.82) is 0 Å². The predicted octanol–water partition coefficient (Wildman–Crippen LogP) is 0.259. The van der Waals surface area contributed by atoms with Crippen LogP contribution in [0.5, 0.6) is 0 Å². The van der Waals surface area contributed by atoms with E-state index in [9.17, 15) is 9.90 Å². The van der Waals surface area contributed by atoms with Gasteiger partial charge in [-0.1, -0.05) is 0 Å². The van der Waals surface area contributed by atoms with Crippen molar-refractivity contribution in [3.63, 3.8) is 0 Å². The van der Waals surface area contributed by atoms with Gasteiger partial charge in [0.05, 0.1) is 11.7 Å². The van der Waals surface area contributed by atoms with Crippen molar-refractivity contribution in [1.82, 2.24) is 24.6 Å². The number of aliphatic hydroxyl groups is 1. The van der Waals surface area contributed by atoms with E-state index < -0.39 is 6.10 Å². The van der Waals surface area contributed by atoms with Gasteiger partial charge in [0.15, 0.2) is 5.82 Å². The molecular weight excluding hydrogens is 258 g/mol. The summed E-state index contributed by atoms with van der Waals surface area (Å²) in [6.45, 7) is 1.07. The number of piperidine rings is 1. The van der Waals surface area contributed by atoms with E-state index in [2.05, 4.69) is 15.1 Å². The number of hydrogen-bond donors (Lipinski definition) is 1. The number of likely N-dealkylation sites (tertiary alicyclic amines) is 1. The van der Waals surface area contributed by atoms with Gasteiger partial charge >= 0.3 is 0 Å². The molecule has 0 saturated carbocycles. The maximum Gasteiger partial charge on any atom is 0.255 e. The van der Waals surface area contributed by atoms with Crippen LogP contribution in [0.4, 0.5) is 0 Å². The van der Waals surface area contributed by atoms with Crippen molar-refractivity contribution in [2.24, 2.45) is 0 Å². The lowest BCUT2D eigenvalue weighted by Gasteiger charge is -2.30. The van der Waals surface area contributed by atoms with Crippen molar-refractivity contribution >= 4 is 5.91 Å². The van der Waals surface area contributed by atoms with Crippen molar-refractivity contribution < 1.29 is 9.90 Å². The summed E-state index contributed by atoms with van der Waals surface area (Å²) in [5.74, 6) is 0.513.